The summed E-state index contributed by atoms with van der Waals surface area (Å²) in [6.07, 6.45) is 2.22. The summed E-state index contributed by atoms with van der Waals surface area (Å²) in [6, 6.07) is 64.8. The number of thiophene rings is 2. The predicted molar refractivity (Wildman–Crippen MR) is 304 cm³/mol. The fourth-order valence-electron chi connectivity index (χ4n) is 9.02. The maximum atomic E-state index is 12.2. The number of fused-ring (bicyclic) bond motifs is 1. The van der Waals surface area contributed by atoms with Crippen LogP contribution in [0.15, 0.2) is 182 Å². The first-order chi connectivity index (χ1) is 35.7. The highest BCUT2D eigenvalue weighted by atomic mass is 32.1. The van der Waals surface area contributed by atoms with Gasteiger partial charge in [0.2, 0.25) is 0 Å². The van der Waals surface area contributed by atoms with Crippen molar-refractivity contribution in [3.05, 3.63) is 204 Å². The van der Waals surface area contributed by atoms with Crippen LogP contribution in [-0.4, -0.2) is 40.8 Å². The predicted octanol–water partition coefficient (Wildman–Crippen LogP) is 16.7. The molecule has 0 bridgehead atoms. The van der Waals surface area contributed by atoms with Crippen molar-refractivity contribution in [1.29, 1.82) is 0 Å². The van der Waals surface area contributed by atoms with Crippen LogP contribution in [0.2, 0.25) is 0 Å². The number of benzene rings is 7. The van der Waals surface area contributed by atoms with Gasteiger partial charge in [0.1, 0.15) is 23.4 Å². The van der Waals surface area contributed by atoms with Crippen molar-refractivity contribution in [3.63, 3.8) is 0 Å². The van der Waals surface area contributed by atoms with Crippen LogP contribution in [0.3, 0.4) is 0 Å². The summed E-state index contributed by atoms with van der Waals surface area (Å²) in [5, 5.41) is 0. The van der Waals surface area contributed by atoms with Gasteiger partial charge in [-0.05, 0) is 164 Å². The Labute approximate surface area is 439 Å². The van der Waals surface area contributed by atoms with Crippen LogP contribution in [-0.2, 0) is 31.9 Å². The standard InChI is InChI=1S/C62H54N4O4S3/c1-41-7-5-9-52(39-41)65(48-22-13-44(14-23-48)12-11-43(3)67)50-26-18-46(19-27-50)56-32-34-58(71-56)54-30-31-55(62-61(54)63-73-64-62)59-35-33-57(72-59)47-20-28-51(29-21-47)66(53-10-6-8-42(2)40-53)49-24-15-45(16-25-49)17-36-60(68)70-38-37-69-4/h5-10,13-16,18-35,39-40H,11-12,17,36-38H2,1-4H3. The molecule has 7 aromatic carbocycles. The average molecular weight is 1020 g/mol. The van der Waals surface area contributed by atoms with Crippen molar-refractivity contribution in [3.8, 4) is 41.8 Å². The van der Waals surface area contributed by atoms with Gasteiger partial charge in [-0.25, -0.2) is 0 Å². The Morgan fingerprint density at radius 2 is 0.904 bits per heavy atom. The van der Waals surface area contributed by atoms with Gasteiger partial charge in [-0.1, -0.05) is 84.9 Å². The molecule has 0 spiro atoms. The van der Waals surface area contributed by atoms with Gasteiger partial charge in [0.25, 0.3) is 0 Å². The van der Waals surface area contributed by atoms with Gasteiger partial charge < -0.3 is 24.1 Å². The number of Topliss-reactive ketones (excluding diaryl/α,β-unsaturated/α-hetero) is 1. The number of aryl methyl sites for hydroxylation is 4. The van der Waals surface area contributed by atoms with E-state index in [1.54, 1.807) is 36.7 Å². The molecule has 0 saturated carbocycles. The molecule has 10 rings (SSSR count). The van der Waals surface area contributed by atoms with Gasteiger partial charge >= 0.3 is 5.97 Å². The summed E-state index contributed by atoms with van der Waals surface area (Å²) in [6.45, 7) is 6.54. The quantitative estimate of drug-likeness (QED) is 0.0585. The largest absolute Gasteiger partial charge is 0.463 e. The number of methoxy groups -OCH3 is 1. The third-order valence-electron chi connectivity index (χ3n) is 12.8. The molecule has 0 aliphatic heterocycles. The molecular weight excluding hydrogens is 961 g/mol. The van der Waals surface area contributed by atoms with Crippen LogP contribution in [0.4, 0.5) is 34.1 Å². The molecule has 0 N–H and O–H groups in total. The average Bonchev–Trinajstić information content (AvgIpc) is 4.22. The smallest absolute Gasteiger partial charge is 0.306 e. The first-order valence-corrected chi connectivity index (χ1v) is 26.8. The number of ether oxygens (including phenoxy) is 2. The monoisotopic (exact) mass is 1010 g/mol. The van der Waals surface area contributed by atoms with E-state index in [2.05, 4.69) is 206 Å². The summed E-state index contributed by atoms with van der Waals surface area (Å²) in [5.74, 6) is -0.0174. The van der Waals surface area contributed by atoms with Crippen molar-refractivity contribution in [1.82, 2.24) is 8.75 Å². The molecule has 0 unspecified atom stereocenters. The highest BCUT2D eigenvalue weighted by Crippen LogP contribution is 2.44. The zero-order chi connectivity index (χ0) is 50.3. The van der Waals surface area contributed by atoms with Crippen LogP contribution in [0.25, 0.3) is 52.8 Å². The molecule has 364 valence electrons. The second kappa shape index (κ2) is 22.5. The number of nitrogens with zero attached hydrogens (tertiary/aromatic N) is 4. The van der Waals surface area contributed by atoms with Gasteiger partial charge in [-0.3, -0.25) is 4.79 Å². The number of esters is 1. The zero-order valence-corrected chi connectivity index (χ0v) is 43.7. The molecule has 0 atom stereocenters. The van der Waals surface area contributed by atoms with E-state index in [-0.39, 0.29) is 18.4 Å². The SMILES string of the molecule is COCCOC(=O)CCc1ccc(N(c2ccc(-c3ccc(-c4ccc(-c5ccc(-c6ccc(N(c7ccc(CCC(C)=O)cc7)c7cccc(C)c7)cc6)s5)c5nsnc45)s3)cc2)c2cccc(C)c2)cc1. The van der Waals surface area contributed by atoms with Crippen molar-refractivity contribution in [2.45, 2.75) is 46.5 Å². The molecule has 11 heteroatoms. The van der Waals surface area contributed by atoms with E-state index >= 15 is 0 Å². The molecule has 0 fully saturated rings. The Hall–Kier alpha value is -7.54. The lowest BCUT2D eigenvalue weighted by molar-refractivity contribution is -0.144. The number of hydrogen-bond donors (Lipinski definition) is 0. The molecule has 0 radical (unpaired) electrons. The van der Waals surface area contributed by atoms with Gasteiger partial charge in [0.05, 0.1) is 18.3 Å². The maximum Gasteiger partial charge on any atom is 0.306 e. The van der Waals surface area contributed by atoms with Gasteiger partial charge in [0, 0.05) is 84.7 Å². The van der Waals surface area contributed by atoms with Gasteiger partial charge in [-0.15, -0.1) is 22.7 Å². The minimum atomic E-state index is -0.222. The minimum Gasteiger partial charge on any atom is -0.463 e. The summed E-state index contributed by atoms with van der Waals surface area (Å²) in [4.78, 5) is 33.0. The van der Waals surface area contributed by atoms with E-state index in [9.17, 15) is 9.59 Å². The maximum absolute atomic E-state index is 12.2. The number of carbonyl (C=O) groups is 2. The molecule has 10 aromatic rings. The Morgan fingerprint density at radius 3 is 1.33 bits per heavy atom. The number of anilines is 6. The number of ketones is 1. The molecule has 0 aliphatic rings. The fraction of sp³-hybridized carbons (Fsp3) is 0.161. The third-order valence-corrected chi connectivity index (χ3v) is 15.7. The number of aromatic nitrogens is 2. The summed E-state index contributed by atoms with van der Waals surface area (Å²) >= 11 is 4.78. The molecule has 73 heavy (non-hydrogen) atoms. The molecule has 0 amide bonds. The highest BCUT2D eigenvalue weighted by molar-refractivity contribution is 7.19. The van der Waals surface area contributed by atoms with E-state index < -0.39 is 0 Å². The lowest BCUT2D eigenvalue weighted by Gasteiger charge is -2.26. The topological polar surface area (TPSA) is 84.9 Å². The van der Waals surface area contributed by atoms with Crippen molar-refractivity contribution in [2.24, 2.45) is 0 Å². The summed E-state index contributed by atoms with van der Waals surface area (Å²) < 4.78 is 20.0. The number of hydrogen-bond acceptors (Lipinski definition) is 11. The van der Waals surface area contributed by atoms with Crippen LogP contribution < -0.4 is 9.80 Å². The van der Waals surface area contributed by atoms with Crippen LogP contribution in [0, 0.1) is 13.8 Å². The van der Waals surface area contributed by atoms with Gasteiger partial charge in [-0.2, -0.15) is 8.75 Å². The van der Waals surface area contributed by atoms with E-state index in [0.29, 0.717) is 25.9 Å². The lowest BCUT2D eigenvalue weighted by Crippen LogP contribution is -2.11. The lowest BCUT2D eigenvalue weighted by atomic mass is 10.1. The Balaban J connectivity index is 0.857. The molecule has 8 nitrogen and oxygen atoms in total. The third kappa shape index (κ3) is 11.4. The van der Waals surface area contributed by atoms with Crippen LogP contribution >= 0.6 is 34.4 Å². The van der Waals surface area contributed by atoms with E-state index in [1.165, 1.54) is 32.6 Å². The molecule has 3 aromatic heterocycles. The van der Waals surface area contributed by atoms with Crippen LogP contribution in [0.1, 0.15) is 42.0 Å². The molecule has 0 aliphatic carbocycles. The van der Waals surface area contributed by atoms with E-state index in [4.69, 9.17) is 18.2 Å². The fourth-order valence-corrected chi connectivity index (χ4v) is 11.7. The normalized spacial score (nSPS) is 11.2. The first-order valence-electron chi connectivity index (χ1n) is 24.4. The first kappa shape index (κ1) is 49.1. The van der Waals surface area contributed by atoms with Crippen molar-refractivity contribution in [2.75, 3.05) is 30.1 Å². The number of carbonyl (C=O) groups excluding carboxylic acids is 2. The molecular formula is C62H54N4O4S3. The second-order valence-corrected chi connectivity index (χ2v) is 20.8. The summed E-state index contributed by atoms with van der Waals surface area (Å²) in [5.41, 5.74) is 17.2. The Kier molecular flexibility index (Phi) is 15.1. The van der Waals surface area contributed by atoms with Crippen molar-refractivity contribution < 1.29 is 19.1 Å². The van der Waals surface area contributed by atoms with Crippen LogP contribution in [0.5, 0.6) is 0 Å². The van der Waals surface area contributed by atoms with E-state index in [1.807, 2.05) is 0 Å². The van der Waals surface area contributed by atoms with E-state index in [0.717, 1.165) is 94.7 Å². The Morgan fingerprint density at radius 1 is 0.479 bits per heavy atom. The molecule has 3 heterocycles. The minimum absolute atomic E-state index is 0.204. The Bertz CT molecular complexity index is 3510. The highest BCUT2D eigenvalue weighted by Gasteiger charge is 2.19. The molecule has 0 saturated heterocycles. The van der Waals surface area contributed by atoms with Crippen molar-refractivity contribution >= 4 is 91.3 Å². The summed E-state index contributed by atoms with van der Waals surface area (Å²) in [7, 11) is 1.59. The zero-order valence-electron chi connectivity index (χ0n) is 41.2. The van der Waals surface area contributed by atoms with Gasteiger partial charge in [0.15, 0.2) is 0 Å². The second-order valence-electron chi connectivity index (χ2n) is 18.1. The number of rotatable bonds is 19.